The molecule has 4 aromatic rings. The number of rotatable bonds is 10. The van der Waals surface area contributed by atoms with Crippen LogP contribution < -0.4 is 19.6 Å². The number of carbonyl (C=O) groups is 1. The number of hydrazone groups is 1. The number of benzene rings is 3. The molecule has 0 saturated heterocycles. The Kier molecular flexibility index (Phi) is 8.65. The first-order valence-corrected chi connectivity index (χ1v) is 12.4. The first kappa shape index (κ1) is 26.1. The van der Waals surface area contributed by atoms with Gasteiger partial charge in [0, 0.05) is 16.3 Å². The van der Waals surface area contributed by atoms with Crippen molar-refractivity contribution in [3.8, 4) is 34.3 Å². The highest BCUT2D eigenvalue weighted by molar-refractivity contribution is 7.99. The van der Waals surface area contributed by atoms with Gasteiger partial charge >= 0.3 is 0 Å². The van der Waals surface area contributed by atoms with Gasteiger partial charge in [-0.2, -0.15) is 5.10 Å². The third-order valence-corrected chi connectivity index (χ3v) is 6.39. The lowest BCUT2D eigenvalue weighted by Gasteiger charge is -2.11. The van der Waals surface area contributed by atoms with Gasteiger partial charge in [0.05, 0.1) is 33.3 Å². The fourth-order valence-corrected chi connectivity index (χ4v) is 4.26. The first-order chi connectivity index (χ1) is 18.0. The summed E-state index contributed by atoms with van der Waals surface area (Å²) < 4.78 is 17.6. The van der Waals surface area contributed by atoms with Gasteiger partial charge in [-0.1, -0.05) is 23.4 Å². The maximum atomic E-state index is 12.5. The molecule has 0 unspecified atom stereocenters. The lowest BCUT2D eigenvalue weighted by Crippen LogP contribution is -2.20. The molecule has 4 rings (SSSR count). The van der Waals surface area contributed by atoms with E-state index in [2.05, 4.69) is 20.7 Å². The molecule has 1 N–H and O–H groups in total. The van der Waals surface area contributed by atoms with Crippen LogP contribution in [0.25, 0.3) is 17.1 Å². The number of nitrogens with zero attached hydrogens (tertiary/aromatic N) is 4. The van der Waals surface area contributed by atoms with E-state index < -0.39 is 0 Å². The highest BCUT2D eigenvalue weighted by atomic mass is 35.5. The monoisotopic (exact) mass is 537 g/mol. The average Bonchev–Trinajstić information content (AvgIpc) is 3.36. The van der Waals surface area contributed by atoms with Crippen molar-refractivity contribution in [1.82, 2.24) is 20.2 Å². The molecule has 0 aliphatic carbocycles. The van der Waals surface area contributed by atoms with Gasteiger partial charge in [-0.3, -0.25) is 9.36 Å². The average molecular weight is 538 g/mol. The van der Waals surface area contributed by atoms with E-state index in [1.807, 2.05) is 41.0 Å². The van der Waals surface area contributed by atoms with Gasteiger partial charge in [-0.05, 0) is 72.3 Å². The molecule has 0 spiro atoms. The zero-order valence-corrected chi connectivity index (χ0v) is 21.9. The van der Waals surface area contributed by atoms with E-state index in [4.69, 9.17) is 25.8 Å². The Bertz CT molecular complexity index is 1390. The Morgan fingerprint density at radius 2 is 1.70 bits per heavy atom. The maximum absolute atomic E-state index is 12.5. The molecule has 0 aliphatic rings. The highest BCUT2D eigenvalue weighted by Gasteiger charge is 2.17. The Balaban J connectivity index is 1.48. The summed E-state index contributed by atoms with van der Waals surface area (Å²) in [6, 6.07) is 20.2. The number of thioether (sulfide) groups is 1. The number of amides is 1. The van der Waals surface area contributed by atoms with E-state index in [1.165, 1.54) is 18.0 Å². The van der Waals surface area contributed by atoms with Crippen molar-refractivity contribution >= 4 is 35.5 Å². The molecule has 11 heteroatoms. The van der Waals surface area contributed by atoms with E-state index >= 15 is 0 Å². The molecule has 190 valence electrons. The normalized spacial score (nSPS) is 10.9. The predicted octanol–water partition coefficient (Wildman–Crippen LogP) is 4.86. The largest absolute Gasteiger partial charge is 0.497 e. The summed E-state index contributed by atoms with van der Waals surface area (Å²) in [5, 5.41) is 13.9. The fourth-order valence-electron chi connectivity index (χ4n) is 3.39. The summed E-state index contributed by atoms with van der Waals surface area (Å²) in [6.07, 6.45) is 1.53. The minimum absolute atomic E-state index is 0.0810. The molecule has 0 radical (unpaired) electrons. The van der Waals surface area contributed by atoms with E-state index in [9.17, 15) is 4.79 Å². The van der Waals surface area contributed by atoms with Crippen molar-refractivity contribution in [3.63, 3.8) is 0 Å². The zero-order chi connectivity index (χ0) is 26.2. The minimum atomic E-state index is -0.293. The summed E-state index contributed by atoms with van der Waals surface area (Å²) in [5.74, 6) is 2.33. The molecule has 0 saturated carbocycles. The van der Waals surface area contributed by atoms with E-state index in [1.54, 1.807) is 51.7 Å². The Hall–Kier alpha value is -4.02. The third-order valence-electron chi connectivity index (χ3n) is 5.21. The fraction of sp³-hybridized carbons (Fsp3) is 0.154. The van der Waals surface area contributed by atoms with E-state index in [0.29, 0.717) is 27.5 Å². The van der Waals surface area contributed by atoms with Crippen LogP contribution in [-0.2, 0) is 4.79 Å². The van der Waals surface area contributed by atoms with Crippen LogP contribution in [0.15, 0.2) is 77.0 Å². The molecule has 0 bridgehead atoms. The first-order valence-electron chi connectivity index (χ1n) is 11.0. The number of carbonyl (C=O) groups excluding carboxylic acids is 1. The van der Waals surface area contributed by atoms with Crippen LogP contribution in [0.1, 0.15) is 5.56 Å². The van der Waals surface area contributed by atoms with Crippen molar-refractivity contribution in [2.24, 2.45) is 5.10 Å². The number of hydrogen-bond donors (Lipinski definition) is 1. The van der Waals surface area contributed by atoms with E-state index in [-0.39, 0.29) is 11.7 Å². The number of nitrogens with one attached hydrogen (secondary N) is 1. The molecule has 0 atom stereocenters. The van der Waals surface area contributed by atoms with Gasteiger partial charge in [0.15, 0.2) is 22.5 Å². The van der Waals surface area contributed by atoms with Crippen LogP contribution in [0, 0.1) is 0 Å². The van der Waals surface area contributed by atoms with Gasteiger partial charge in [-0.15, -0.1) is 10.2 Å². The SMILES string of the molecule is COc1ccc(-c2nnc(SCC(=O)N/N=C/c3ccc(OC)c(OC)c3)n2-c2ccc(Cl)cc2)cc1. The molecule has 1 heterocycles. The highest BCUT2D eigenvalue weighted by Crippen LogP contribution is 2.30. The number of aromatic nitrogens is 3. The minimum Gasteiger partial charge on any atom is -0.497 e. The van der Waals surface area contributed by atoms with Crippen molar-refractivity contribution in [2.45, 2.75) is 5.16 Å². The lowest BCUT2D eigenvalue weighted by atomic mass is 10.2. The van der Waals surface area contributed by atoms with Crippen LogP contribution >= 0.6 is 23.4 Å². The van der Waals surface area contributed by atoms with Crippen LogP contribution in [0.5, 0.6) is 17.2 Å². The molecular weight excluding hydrogens is 514 g/mol. The predicted molar refractivity (Wildman–Crippen MR) is 144 cm³/mol. The number of halogens is 1. The van der Waals surface area contributed by atoms with Gasteiger partial charge in [-0.25, -0.2) is 5.43 Å². The number of methoxy groups -OCH3 is 3. The van der Waals surface area contributed by atoms with E-state index in [0.717, 1.165) is 22.6 Å². The Labute approximate surface area is 223 Å². The molecule has 1 amide bonds. The summed E-state index contributed by atoms with van der Waals surface area (Å²) >= 11 is 7.34. The third kappa shape index (κ3) is 6.41. The van der Waals surface area contributed by atoms with Crippen LogP contribution in [0.4, 0.5) is 0 Å². The van der Waals surface area contributed by atoms with Crippen LogP contribution in [0.2, 0.25) is 5.02 Å². The standard InChI is InChI=1S/C26H24ClN5O4S/c1-34-21-11-5-18(6-12-21)25-30-31-26(32(25)20-9-7-19(27)8-10-20)37-16-24(33)29-28-15-17-4-13-22(35-2)23(14-17)36-3/h4-15H,16H2,1-3H3,(H,29,33)/b28-15+. The smallest absolute Gasteiger partial charge is 0.250 e. The van der Waals surface area contributed by atoms with Gasteiger partial charge < -0.3 is 14.2 Å². The Morgan fingerprint density at radius 1 is 0.973 bits per heavy atom. The maximum Gasteiger partial charge on any atom is 0.250 e. The molecule has 1 aromatic heterocycles. The van der Waals surface area contributed by atoms with Crippen LogP contribution in [0.3, 0.4) is 0 Å². The van der Waals surface area contributed by atoms with Gasteiger partial charge in [0.2, 0.25) is 0 Å². The summed E-state index contributed by atoms with van der Waals surface area (Å²) in [5.41, 5.74) is 4.94. The summed E-state index contributed by atoms with van der Waals surface area (Å²) in [6.45, 7) is 0. The number of ether oxygens (including phenoxy) is 3. The molecule has 9 nitrogen and oxygen atoms in total. The van der Waals surface area contributed by atoms with Crippen molar-refractivity contribution in [3.05, 3.63) is 77.3 Å². The molecule has 3 aromatic carbocycles. The second kappa shape index (κ2) is 12.3. The second-order valence-corrected chi connectivity index (χ2v) is 8.92. The molecule has 37 heavy (non-hydrogen) atoms. The zero-order valence-electron chi connectivity index (χ0n) is 20.3. The number of hydrogen-bond acceptors (Lipinski definition) is 8. The van der Waals surface area contributed by atoms with Crippen molar-refractivity contribution in [1.29, 1.82) is 0 Å². The van der Waals surface area contributed by atoms with Crippen molar-refractivity contribution in [2.75, 3.05) is 27.1 Å². The summed E-state index contributed by atoms with van der Waals surface area (Å²) in [4.78, 5) is 12.5. The van der Waals surface area contributed by atoms with Crippen molar-refractivity contribution < 1.29 is 19.0 Å². The topological polar surface area (TPSA) is 99.9 Å². The van der Waals surface area contributed by atoms with Crippen LogP contribution in [-0.4, -0.2) is 54.0 Å². The Morgan fingerprint density at radius 3 is 2.38 bits per heavy atom. The second-order valence-electron chi connectivity index (χ2n) is 7.54. The molecular formula is C26H24ClN5O4S. The van der Waals surface area contributed by atoms with Gasteiger partial charge in [0.1, 0.15) is 5.75 Å². The van der Waals surface area contributed by atoms with Gasteiger partial charge in [0.25, 0.3) is 5.91 Å². The molecule has 0 fully saturated rings. The quantitative estimate of drug-likeness (QED) is 0.175. The summed E-state index contributed by atoms with van der Waals surface area (Å²) in [7, 11) is 4.74. The lowest BCUT2D eigenvalue weighted by molar-refractivity contribution is -0.118. The molecule has 0 aliphatic heterocycles.